The standard InChI is InChI=1S/C22H29F2N3O4.HI/c1-5-30-20-13-16(7-9-18(20)31-21(23)24)14-27-22(25-2)26-11-10-15-6-8-17(28-3)19(12-15)29-4;/h6-9,12-13,21H,5,10-11,14H2,1-4H3,(H2,25,26,27);1H. The molecule has 2 aromatic carbocycles. The van der Waals surface area contributed by atoms with Crippen molar-refractivity contribution in [3.05, 3.63) is 47.5 Å². The first-order valence-corrected chi connectivity index (χ1v) is 9.86. The molecule has 2 aromatic rings. The number of nitrogens with zero attached hydrogens (tertiary/aromatic N) is 1. The zero-order valence-corrected chi connectivity index (χ0v) is 20.9. The molecule has 2 N–H and O–H groups in total. The van der Waals surface area contributed by atoms with Gasteiger partial charge in [-0.25, -0.2) is 0 Å². The van der Waals surface area contributed by atoms with E-state index in [-0.39, 0.29) is 35.5 Å². The molecule has 0 aliphatic rings. The van der Waals surface area contributed by atoms with Crippen molar-refractivity contribution in [3.63, 3.8) is 0 Å². The van der Waals surface area contributed by atoms with Gasteiger partial charge in [-0.05, 0) is 48.7 Å². The van der Waals surface area contributed by atoms with Crippen LogP contribution in [0.15, 0.2) is 41.4 Å². The van der Waals surface area contributed by atoms with Crippen molar-refractivity contribution in [1.29, 1.82) is 0 Å². The van der Waals surface area contributed by atoms with Crippen LogP contribution in [-0.2, 0) is 13.0 Å². The molecule has 0 unspecified atom stereocenters. The number of guanidine groups is 1. The van der Waals surface area contributed by atoms with Crippen molar-refractivity contribution >= 4 is 29.9 Å². The van der Waals surface area contributed by atoms with Gasteiger partial charge in [0, 0.05) is 20.1 Å². The molecule has 0 bridgehead atoms. The summed E-state index contributed by atoms with van der Waals surface area (Å²) in [4.78, 5) is 4.21. The maximum absolute atomic E-state index is 12.5. The summed E-state index contributed by atoms with van der Waals surface area (Å²) in [6.45, 7) is 0.305. The van der Waals surface area contributed by atoms with E-state index in [1.807, 2.05) is 18.2 Å². The van der Waals surface area contributed by atoms with Gasteiger partial charge in [0.05, 0.1) is 20.8 Å². The Balaban J connectivity index is 0.00000512. The predicted molar refractivity (Wildman–Crippen MR) is 131 cm³/mol. The van der Waals surface area contributed by atoms with Crippen LogP contribution in [0.2, 0.25) is 0 Å². The van der Waals surface area contributed by atoms with Gasteiger partial charge in [-0.3, -0.25) is 4.99 Å². The number of methoxy groups -OCH3 is 2. The van der Waals surface area contributed by atoms with E-state index in [1.54, 1.807) is 40.3 Å². The van der Waals surface area contributed by atoms with Gasteiger partial charge in [-0.2, -0.15) is 8.78 Å². The van der Waals surface area contributed by atoms with Gasteiger partial charge in [-0.15, -0.1) is 24.0 Å². The Morgan fingerprint density at radius 2 is 1.59 bits per heavy atom. The lowest BCUT2D eigenvalue weighted by molar-refractivity contribution is -0.0514. The number of benzene rings is 2. The molecule has 10 heteroatoms. The van der Waals surface area contributed by atoms with Crippen LogP contribution in [0, 0.1) is 0 Å². The summed E-state index contributed by atoms with van der Waals surface area (Å²) >= 11 is 0. The van der Waals surface area contributed by atoms with E-state index in [9.17, 15) is 8.78 Å². The topological polar surface area (TPSA) is 73.3 Å². The third kappa shape index (κ3) is 8.56. The average molecular weight is 565 g/mol. The lowest BCUT2D eigenvalue weighted by Gasteiger charge is -2.15. The van der Waals surface area contributed by atoms with E-state index in [4.69, 9.17) is 14.2 Å². The molecule has 7 nitrogen and oxygen atoms in total. The highest BCUT2D eigenvalue weighted by Crippen LogP contribution is 2.30. The van der Waals surface area contributed by atoms with Crippen molar-refractivity contribution in [2.24, 2.45) is 4.99 Å². The number of rotatable bonds is 11. The van der Waals surface area contributed by atoms with Crippen LogP contribution >= 0.6 is 24.0 Å². The smallest absolute Gasteiger partial charge is 0.387 e. The largest absolute Gasteiger partial charge is 0.493 e. The van der Waals surface area contributed by atoms with Crippen LogP contribution in [0.25, 0.3) is 0 Å². The number of hydrogen-bond donors (Lipinski definition) is 2. The molecule has 0 aliphatic heterocycles. The minimum Gasteiger partial charge on any atom is -0.493 e. The lowest BCUT2D eigenvalue weighted by Crippen LogP contribution is -2.37. The van der Waals surface area contributed by atoms with E-state index < -0.39 is 6.61 Å². The highest BCUT2D eigenvalue weighted by molar-refractivity contribution is 14.0. The fourth-order valence-electron chi connectivity index (χ4n) is 2.89. The fraction of sp³-hybridized carbons (Fsp3) is 0.409. The summed E-state index contributed by atoms with van der Waals surface area (Å²) in [7, 11) is 4.89. The van der Waals surface area contributed by atoms with E-state index in [0.29, 0.717) is 37.2 Å². The van der Waals surface area contributed by atoms with Crippen LogP contribution in [0.1, 0.15) is 18.1 Å². The second kappa shape index (κ2) is 14.5. The Bertz CT molecular complexity index is 869. The molecular formula is C22H30F2IN3O4. The number of hydrogen-bond acceptors (Lipinski definition) is 5. The third-order valence-electron chi connectivity index (χ3n) is 4.36. The normalized spacial score (nSPS) is 10.9. The van der Waals surface area contributed by atoms with Gasteiger partial charge >= 0.3 is 6.61 Å². The van der Waals surface area contributed by atoms with Crippen LogP contribution in [-0.4, -0.2) is 47.0 Å². The first-order chi connectivity index (χ1) is 15.0. The molecule has 0 spiro atoms. The van der Waals surface area contributed by atoms with Gasteiger partial charge in [0.1, 0.15) is 0 Å². The molecule has 0 heterocycles. The molecule has 178 valence electrons. The van der Waals surface area contributed by atoms with E-state index in [2.05, 4.69) is 20.4 Å². The molecule has 0 atom stereocenters. The highest BCUT2D eigenvalue weighted by Gasteiger charge is 2.12. The first-order valence-electron chi connectivity index (χ1n) is 9.86. The van der Waals surface area contributed by atoms with Gasteiger partial charge in [0.15, 0.2) is 29.0 Å². The first kappa shape index (κ1) is 27.5. The fourth-order valence-corrected chi connectivity index (χ4v) is 2.89. The molecule has 0 aliphatic carbocycles. The molecule has 2 rings (SSSR count). The molecule has 0 amide bonds. The summed E-state index contributed by atoms with van der Waals surface area (Å²) in [5, 5.41) is 6.44. The average Bonchev–Trinajstić information content (AvgIpc) is 2.77. The van der Waals surface area contributed by atoms with Crippen LogP contribution < -0.4 is 29.6 Å². The molecule has 32 heavy (non-hydrogen) atoms. The highest BCUT2D eigenvalue weighted by atomic mass is 127. The van der Waals surface area contributed by atoms with Crippen molar-refractivity contribution in [1.82, 2.24) is 10.6 Å². The van der Waals surface area contributed by atoms with Gasteiger partial charge in [0.25, 0.3) is 0 Å². The molecule has 0 aromatic heterocycles. The summed E-state index contributed by atoms with van der Waals surface area (Å²) < 4.78 is 45.6. The lowest BCUT2D eigenvalue weighted by atomic mass is 10.1. The summed E-state index contributed by atoms with van der Waals surface area (Å²) in [6.07, 6.45) is 0.759. The Kier molecular flexibility index (Phi) is 12.5. The minimum absolute atomic E-state index is 0. The van der Waals surface area contributed by atoms with E-state index in [1.165, 1.54) is 6.07 Å². The Morgan fingerprint density at radius 3 is 2.22 bits per heavy atom. The Hall–Kier alpha value is -2.50. The number of halogens is 3. The van der Waals surface area contributed by atoms with Crippen molar-refractivity contribution < 1.29 is 27.7 Å². The number of aliphatic imine (C=N–C) groups is 1. The quantitative estimate of drug-likeness (QED) is 0.242. The van der Waals surface area contributed by atoms with Crippen molar-refractivity contribution in [2.45, 2.75) is 26.5 Å². The van der Waals surface area contributed by atoms with Crippen molar-refractivity contribution in [2.75, 3.05) is 34.4 Å². The van der Waals surface area contributed by atoms with Gasteiger partial charge in [-0.1, -0.05) is 12.1 Å². The second-order valence-corrected chi connectivity index (χ2v) is 6.38. The van der Waals surface area contributed by atoms with Crippen LogP contribution in [0.4, 0.5) is 8.78 Å². The maximum atomic E-state index is 12.5. The Morgan fingerprint density at radius 1 is 0.938 bits per heavy atom. The van der Waals surface area contributed by atoms with Gasteiger partial charge in [0.2, 0.25) is 0 Å². The second-order valence-electron chi connectivity index (χ2n) is 6.38. The third-order valence-corrected chi connectivity index (χ3v) is 4.36. The summed E-state index contributed by atoms with van der Waals surface area (Å²) in [5.41, 5.74) is 1.93. The van der Waals surface area contributed by atoms with E-state index in [0.717, 1.165) is 17.5 Å². The zero-order valence-electron chi connectivity index (χ0n) is 18.6. The molecule has 0 fully saturated rings. The zero-order chi connectivity index (χ0) is 22.6. The predicted octanol–water partition coefficient (Wildman–Crippen LogP) is 4.23. The van der Waals surface area contributed by atoms with Crippen molar-refractivity contribution in [3.8, 4) is 23.0 Å². The van der Waals surface area contributed by atoms with Crippen LogP contribution in [0.3, 0.4) is 0 Å². The SMILES string of the molecule is CCOc1cc(CNC(=NC)NCCc2ccc(OC)c(OC)c2)ccc1OC(F)F.I. The number of nitrogens with one attached hydrogen (secondary N) is 2. The number of alkyl halides is 2. The maximum Gasteiger partial charge on any atom is 0.387 e. The molecule has 0 saturated carbocycles. The molecular weight excluding hydrogens is 535 g/mol. The van der Waals surface area contributed by atoms with Gasteiger partial charge < -0.3 is 29.6 Å². The molecule has 0 radical (unpaired) electrons. The minimum atomic E-state index is -2.91. The van der Waals surface area contributed by atoms with E-state index >= 15 is 0 Å². The number of ether oxygens (including phenoxy) is 4. The monoisotopic (exact) mass is 565 g/mol. The Labute approximate surface area is 204 Å². The molecule has 0 saturated heterocycles. The summed E-state index contributed by atoms with van der Waals surface area (Å²) in [6, 6.07) is 10.6. The summed E-state index contributed by atoms with van der Waals surface area (Å²) in [5.74, 6) is 2.28. The van der Waals surface area contributed by atoms with Crippen LogP contribution in [0.5, 0.6) is 23.0 Å².